The third-order valence-corrected chi connectivity index (χ3v) is 1.95. The molecule has 6 heteroatoms. The second-order valence-electron chi connectivity index (χ2n) is 3.10. The highest BCUT2D eigenvalue weighted by Gasteiger charge is 2.41. The van der Waals surface area contributed by atoms with Crippen LogP contribution in [0, 0.1) is 0 Å². The molecule has 0 unspecified atom stereocenters. The van der Waals surface area contributed by atoms with E-state index in [0.29, 0.717) is 11.3 Å². The van der Waals surface area contributed by atoms with Crippen molar-refractivity contribution in [1.29, 1.82) is 0 Å². The first-order valence-corrected chi connectivity index (χ1v) is 3.98. The summed E-state index contributed by atoms with van der Waals surface area (Å²) in [6, 6.07) is -0.362. The van der Waals surface area contributed by atoms with Crippen molar-refractivity contribution < 1.29 is 18.0 Å². The molecule has 0 spiro atoms. The van der Waals surface area contributed by atoms with E-state index < -0.39 is 6.30 Å². The molecule has 1 atom stereocenters. The van der Waals surface area contributed by atoms with Crippen molar-refractivity contribution >= 4 is 5.91 Å². The van der Waals surface area contributed by atoms with Gasteiger partial charge in [-0.25, -0.2) is 4.90 Å². The molecule has 1 saturated heterocycles. The van der Waals surface area contributed by atoms with Crippen LogP contribution in [0.1, 0.15) is 13.3 Å². The molecule has 1 N–H and O–H groups in total. The van der Waals surface area contributed by atoms with Crippen LogP contribution in [0.4, 0.5) is 13.2 Å². The summed E-state index contributed by atoms with van der Waals surface area (Å²) < 4.78 is 36.3. The van der Waals surface area contributed by atoms with Gasteiger partial charge >= 0.3 is 6.30 Å². The van der Waals surface area contributed by atoms with Gasteiger partial charge in [0.15, 0.2) is 0 Å². The minimum Gasteiger partial charge on any atom is -0.352 e. The van der Waals surface area contributed by atoms with Gasteiger partial charge in [-0.2, -0.15) is 13.2 Å². The lowest BCUT2D eigenvalue weighted by Gasteiger charge is -2.18. The molecule has 1 rings (SSSR count). The first-order valence-electron chi connectivity index (χ1n) is 3.98. The number of nitrogens with one attached hydrogen (secondary N) is 1. The topological polar surface area (TPSA) is 32.3 Å². The Hall–Kier alpha value is -0.780. The summed E-state index contributed by atoms with van der Waals surface area (Å²) >= 11 is 0. The lowest BCUT2D eigenvalue weighted by Crippen LogP contribution is -2.40. The van der Waals surface area contributed by atoms with Crippen molar-refractivity contribution in [3.8, 4) is 0 Å². The number of hydrogen-bond acceptors (Lipinski definition) is 2. The molecular weight excluding hydrogens is 185 g/mol. The van der Waals surface area contributed by atoms with Crippen LogP contribution in [0.3, 0.4) is 0 Å². The summed E-state index contributed by atoms with van der Waals surface area (Å²) in [6.07, 6.45) is -3.91. The van der Waals surface area contributed by atoms with Crippen molar-refractivity contribution in [1.82, 2.24) is 10.2 Å². The Morgan fingerprint density at radius 1 is 1.54 bits per heavy atom. The fourth-order valence-electron chi connectivity index (χ4n) is 1.40. The fraction of sp³-hybridized carbons (Fsp3) is 0.857. The molecule has 1 fully saturated rings. The first kappa shape index (κ1) is 10.3. The van der Waals surface area contributed by atoms with E-state index in [4.69, 9.17) is 0 Å². The van der Waals surface area contributed by atoms with Gasteiger partial charge < -0.3 is 5.32 Å². The molecule has 76 valence electrons. The Labute approximate surface area is 73.9 Å². The van der Waals surface area contributed by atoms with Crippen LogP contribution < -0.4 is 5.32 Å². The summed E-state index contributed by atoms with van der Waals surface area (Å²) in [5, 5.41) is 2.46. The molecule has 13 heavy (non-hydrogen) atoms. The summed E-state index contributed by atoms with van der Waals surface area (Å²) in [4.78, 5) is 11.0. The summed E-state index contributed by atoms with van der Waals surface area (Å²) in [6.45, 7) is 1.13. The molecule has 1 heterocycles. The normalized spacial score (nSPS) is 24.8. The maximum atomic E-state index is 12.1. The lowest BCUT2D eigenvalue weighted by atomic mass is 10.3. The largest absolute Gasteiger partial charge is 0.459 e. The average Bonchev–Trinajstić information content (AvgIpc) is 2.32. The number of carbonyl (C=O) groups excluding carboxylic acids is 1. The SMILES string of the molecule is CC(=O)N[C@@H]1CCN(C(F)(F)F)C1. The van der Waals surface area contributed by atoms with Crippen LogP contribution in [-0.4, -0.2) is 36.2 Å². The van der Waals surface area contributed by atoms with Crippen molar-refractivity contribution in [3.05, 3.63) is 0 Å². The number of nitrogens with zero attached hydrogens (tertiary/aromatic N) is 1. The Morgan fingerprint density at radius 2 is 2.15 bits per heavy atom. The molecular formula is C7H11F3N2O. The van der Waals surface area contributed by atoms with E-state index in [0.717, 1.165) is 0 Å². The van der Waals surface area contributed by atoms with Gasteiger partial charge in [-0.3, -0.25) is 4.79 Å². The number of alkyl halides is 3. The lowest BCUT2D eigenvalue weighted by molar-refractivity contribution is -0.238. The van der Waals surface area contributed by atoms with Crippen molar-refractivity contribution in [2.75, 3.05) is 13.1 Å². The number of rotatable bonds is 1. The monoisotopic (exact) mass is 196 g/mol. The summed E-state index contributed by atoms with van der Waals surface area (Å²) in [7, 11) is 0. The van der Waals surface area contributed by atoms with E-state index in [-0.39, 0.29) is 25.0 Å². The minimum absolute atomic E-state index is 0.0333. The average molecular weight is 196 g/mol. The van der Waals surface area contributed by atoms with E-state index in [9.17, 15) is 18.0 Å². The van der Waals surface area contributed by atoms with E-state index in [2.05, 4.69) is 5.32 Å². The zero-order valence-corrected chi connectivity index (χ0v) is 7.19. The van der Waals surface area contributed by atoms with Gasteiger partial charge in [-0.15, -0.1) is 0 Å². The van der Waals surface area contributed by atoms with Gasteiger partial charge in [-0.05, 0) is 6.42 Å². The van der Waals surface area contributed by atoms with Crippen molar-refractivity contribution in [2.24, 2.45) is 0 Å². The number of halogens is 3. The van der Waals surface area contributed by atoms with Gasteiger partial charge in [0.1, 0.15) is 0 Å². The third-order valence-electron chi connectivity index (χ3n) is 1.95. The molecule has 0 aliphatic carbocycles. The van der Waals surface area contributed by atoms with E-state index in [1.807, 2.05) is 0 Å². The van der Waals surface area contributed by atoms with Crippen molar-refractivity contribution in [3.63, 3.8) is 0 Å². The maximum Gasteiger partial charge on any atom is 0.459 e. The number of likely N-dealkylation sites (tertiary alicyclic amines) is 1. The third kappa shape index (κ3) is 2.87. The van der Waals surface area contributed by atoms with Gasteiger partial charge in [0.05, 0.1) is 0 Å². The predicted molar refractivity (Wildman–Crippen MR) is 39.8 cm³/mol. The number of amides is 1. The molecule has 0 radical (unpaired) electrons. The van der Waals surface area contributed by atoms with Crippen LogP contribution in [-0.2, 0) is 4.79 Å². The quantitative estimate of drug-likeness (QED) is 0.626. The van der Waals surface area contributed by atoms with Crippen LogP contribution in [0.2, 0.25) is 0 Å². The first-order chi connectivity index (χ1) is 5.89. The Balaban J connectivity index is 2.41. The molecule has 1 aliphatic rings. The summed E-state index contributed by atoms with van der Waals surface area (Å²) in [5.41, 5.74) is 0. The van der Waals surface area contributed by atoms with Gasteiger partial charge in [-0.1, -0.05) is 0 Å². The molecule has 0 aromatic rings. The second kappa shape index (κ2) is 3.53. The number of carbonyl (C=O) groups is 1. The Kier molecular flexibility index (Phi) is 2.80. The molecule has 0 saturated carbocycles. The highest BCUT2D eigenvalue weighted by Crippen LogP contribution is 2.25. The minimum atomic E-state index is -4.27. The van der Waals surface area contributed by atoms with E-state index in [1.54, 1.807) is 0 Å². The molecule has 0 aromatic heterocycles. The highest BCUT2D eigenvalue weighted by molar-refractivity contribution is 5.73. The zero-order chi connectivity index (χ0) is 10.1. The second-order valence-corrected chi connectivity index (χ2v) is 3.10. The molecule has 1 aliphatic heterocycles. The van der Waals surface area contributed by atoms with Crippen LogP contribution in [0.5, 0.6) is 0 Å². The Morgan fingerprint density at radius 3 is 2.54 bits per heavy atom. The zero-order valence-electron chi connectivity index (χ0n) is 7.19. The molecule has 0 aromatic carbocycles. The smallest absolute Gasteiger partial charge is 0.352 e. The molecule has 1 amide bonds. The van der Waals surface area contributed by atoms with Crippen molar-refractivity contribution in [2.45, 2.75) is 25.7 Å². The highest BCUT2D eigenvalue weighted by atomic mass is 19.4. The van der Waals surface area contributed by atoms with Gasteiger partial charge in [0.25, 0.3) is 0 Å². The molecule has 0 bridgehead atoms. The van der Waals surface area contributed by atoms with E-state index in [1.165, 1.54) is 6.92 Å². The van der Waals surface area contributed by atoms with Crippen LogP contribution >= 0.6 is 0 Å². The number of hydrogen-bond donors (Lipinski definition) is 1. The van der Waals surface area contributed by atoms with Gasteiger partial charge in [0.2, 0.25) is 5.91 Å². The van der Waals surface area contributed by atoms with Crippen LogP contribution in [0.25, 0.3) is 0 Å². The standard InChI is InChI=1S/C7H11F3N2O/c1-5(13)11-6-2-3-12(4-6)7(8,9)10/h6H,2-4H2,1H3,(H,11,13)/t6-/m1/s1. The van der Waals surface area contributed by atoms with E-state index >= 15 is 0 Å². The molecule has 3 nitrogen and oxygen atoms in total. The van der Waals surface area contributed by atoms with Gasteiger partial charge in [0, 0.05) is 26.1 Å². The fourth-order valence-corrected chi connectivity index (χ4v) is 1.40. The predicted octanol–water partition coefficient (Wildman–Crippen LogP) is 0.717. The summed E-state index contributed by atoms with van der Waals surface area (Å²) in [5.74, 6) is -0.283. The Bertz CT molecular complexity index is 204. The van der Waals surface area contributed by atoms with Crippen LogP contribution in [0.15, 0.2) is 0 Å². The maximum absolute atomic E-state index is 12.1.